The zero-order chi connectivity index (χ0) is 17.0. The minimum atomic E-state index is -2.83. The van der Waals surface area contributed by atoms with E-state index in [1.807, 2.05) is 0 Å². The molecular weight excluding hydrogens is 372 g/mol. The summed E-state index contributed by atoms with van der Waals surface area (Å²) >= 11 is -2.83. The second kappa shape index (κ2) is 7.93. The monoisotopic (exact) mass is 400 g/mol. The van der Waals surface area contributed by atoms with E-state index in [-0.39, 0.29) is 0 Å². The summed E-state index contributed by atoms with van der Waals surface area (Å²) in [5.74, 6) is 1.46. The van der Waals surface area contributed by atoms with Crippen LogP contribution >= 0.6 is 10.0 Å². The SMILES string of the molecule is CC1=CCC(C(C)[CH2][Ge]([Cl])([c]2ccccc2)[c]2ccccc2)CC1. The van der Waals surface area contributed by atoms with Crippen LogP contribution in [0.2, 0.25) is 5.25 Å². The Kier molecular flexibility index (Phi) is 5.89. The topological polar surface area (TPSA) is 0 Å². The van der Waals surface area contributed by atoms with Crippen molar-refractivity contribution >= 4 is 31.1 Å². The second-order valence-corrected chi connectivity index (χ2v) is 17.3. The maximum absolute atomic E-state index is 7.50. The molecule has 1 aliphatic rings. The van der Waals surface area contributed by atoms with Gasteiger partial charge in [-0.05, 0) is 0 Å². The molecule has 2 heteroatoms. The van der Waals surface area contributed by atoms with Crippen molar-refractivity contribution in [3.63, 3.8) is 0 Å². The molecule has 2 aromatic rings. The summed E-state index contributed by atoms with van der Waals surface area (Å²) in [6.45, 7) is 4.69. The van der Waals surface area contributed by atoms with Gasteiger partial charge in [0.1, 0.15) is 0 Å². The van der Waals surface area contributed by atoms with E-state index < -0.39 is 12.3 Å². The molecule has 0 saturated heterocycles. The predicted molar refractivity (Wildman–Crippen MR) is 109 cm³/mol. The third kappa shape index (κ3) is 3.98. The first-order chi connectivity index (χ1) is 11.6. The van der Waals surface area contributed by atoms with Crippen LogP contribution in [0.15, 0.2) is 72.3 Å². The Bertz CT molecular complexity index is 638. The fraction of sp³-hybridized carbons (Fsp3) is 0.364. The average Bonchev–Trinajstić information content (AvgIpc) is 2.63. The molecule has 2 atom stereocenters. The normalized spacial score (nSPS) is 19.6. The molecule has 0 fully saturated rings. The minimum absolute atomic E-state index is 0.673. The van der Waals surface area contributed by atoms with Crippen LogP contribution in [-0.4, -0.2) is 12.3 Å². The van der Waals surface area contributed by atoms with Crippen molar-refractivity contribution in [2.45, 2.75) is 38.4 Å². The van der Waals surface area contributed by atoms with E-state index in [1.165, 1.54) is 28.1 Å². The molecule has 24 heavy (non-hydrogen) atoms. The molecule has 1 aliphatic carbocycles. The van der Waals surface area contributed by atoms with Crippen LogP contribution in [0, 0.1) is 11.8 Å². The first kappa shape index (κ1) is 17.8. The van der Waals surface area contributed by atoms with Gasteiger partial charge in [-0.1, -0.05) is 0 Å². The van der Waals surface area contributed by atoms with Crippen molar-refractivity contribution in [2.75, 3.05) is 0 Å². The summed E-state index contributed by atoms with van der Waals surface area (Å²) in [6, 6.07) is 21.7. The molecule has 0 amide bonds. The van der Waals surface area contributed by atoms with Gasteiger partial charge in [-0.15, -0.1) is 0 Å². The van der Waals surface area contributed by atoms with Gasteiger partial charge in [0.25, 0.3) is 0 Å². The van der Waals surface area contributed by atoms with E-state index in [2.05, 4.69) is 80.6 Å². The average molecular weight is 400 g/mol. The van der Waals surface area contributed by atoms with Gasteiger partial charge >= 0.3 is 154 Å². The molecule has 0 saturated carbocycles. The van der Waals surface area contributed by atoms with E-state index >= 15 is 0 Å². The summed E-state index contributed by atoms with van der Waals surface area (Å²) < 4.78 is 2.78. The standard InChI is InChI=1S/C22H27ClGe/c1-18-13-15-20(16-14-18)19(2)17-24(23,21-9-5-3-6-10-21)22-11-7-4-8-12-22/h3-13,19-20H,14-17H2,1-2H3. The summed E-state index contributed by atoms with van der Waals surface area (Å²) in [5.41, 5.74) is 1.56. The molecule has 0 bridgehead atoms. The summed E-state index contributed by atoms with van der Waals surface area (Å²) in [7, 11) is 7.50. The summed E-state index contributed by atoms with van der Waals surface area (Å²) in [5, 5.41) is 1.16. The Balaban J connectivity index is 1.89. The van der Waals surface area contributed by atoms with Gasteiger partial charge in [0.2, 0.25) is 0 Å². The summed E-state index contributed by atoms with van der Waals surface area (Å²) in [6.07, 6.45) is 6.25. The molecule has 0 nitrogen and oxygen atoms in total. The Hall–Kier alpha value is -0.987. The third-order valence-corrected chi connectivity index (χ3v) is 16.4. The van der Waals surface area contributed by atoms with E-state index in [1.54, 1.807) is 5.57 Å². The summed E-state index contributed by atoms with van der Waals surface area (Å²) in [4.78, 5) is 0. The van der Waals surface area contributed by atoms with Crippen LogP contribution in [0.5, 0.6) is 0 Å². The quantitative estimate of drug-likeness (QED) is 0.469. The Morgan fingerprint density at radius 2 is 1.54 bits per heavy atom. The van der Waals surface area contributed by atoms with Gasteiger partial charge in [-0.2, -0.15) is 0 Å². The van der Waals surface area contributed by atoms with Crippen LogP contribution in [0.3, 0.4) is 0 Å². The Morgan fingerprint density at radius 3 is 2.00 bits per heavy atom. The van der Waals surface area contributed by atoms with Crippen molar-refractivity contribution in [3.8, 4) is 0 Å². The first-order valence-electron chi connectivity index (χ1n) is 9.05. The van der Waals surface area contributed by atoms with E-state index in [0.29, 0.717) is 5.92 Å². The Morgan fingerprint density at radius 1 is 1.00 bits per heavy atom. The van der Waals surface area contributed by atoms with Crippen LogP contribution in [0.1, 0.15) is 33.1 Å². The number of allylic oxidation sites excluding steroid dienone is 2. The van der Waals surface area contributed by atoms with Gasteiger partial charge in [0.05, 0.1) is 0 Å². The van der Waals surface area contributed by atoms with Gasteiger partial charge in [0, 0.05) is 0 Å². The van der Waals surface area contributed by atoms with Crippen LogP contribution in [0.25, 0.3) is 0 Å². The number of hydrogen-bond donors (Lipinski definition) is 0. The zero-order valence-corrected chi connectivity index (χ0v) is 17.6. The van der Waals surface area contributed by atoms with E-state index in [4.69, 9.17) is 10.0 Å². The second-order valence-electron chi connectivity index (χ2n) is 7.30. The zero-order valence-electron chi connectivity index (χ0n) is 14.7. The molecule has 0 radical (unpaired) electrons. The Labute approximate surface area is 153 Å². The van der Waals surface area contributed by atoms with Crippen molar-refractivity contribution in [3.05, 3.63) is 72.3 Å². The predicted octanol–water partition coefficient (Wildman–Crippen LogP) is 5.37. The number of hydrogen-bond acceptors (Lipinski definition) is 0. The fourth-order valence-electron chi connectivity index (χ4n) is 3.92. The molecular formula is C22H27ClGe. The molecule has 0 spiro atoms. The van der Waals surface area contributed by atoms with E-state index in [0.717, 1.165) is 11.2 Å². The maximum atomic E-state index is 7.50. The van der Waals surface area contributed by atoms with Gasteiger partial charge in [-0.3, -0.25) is 0 Å². The molecule has 3 rings (SSSR count). The molecule has 126 valence electrons. The third-order valence-electron chi connectivity index (χ3n) is 5.55. The number of benzene rings is 2. The van der Waals surface area contributed by atoms with Crippen LogP contribution < -0.4 is 8.79 Å². The van der Waals surface area contributed by atoms with Crippen LogP contribution in [0.4, 0.5) is 0 Å². The van der Waals surface area contributed by atoms with Crippen molar-refractivity contribution in [2.24, 2.45) is 11.8 Å². The van der Waals surface area contributed by atoms with Gasteiger partial charge in [0.15, 0.2) is 0 Å². The van der Waals surface area contributed by atoms with Crippen molar-refractivity contribution in [1.82, 2.24) is 0 Å². The van der Waals surface area contributed by atoms with Gasteiger partial charge < -0.3 is 0 Å². The molecule has 0 N–H and O–H groups in total. The van der Waals surface area contributed by atoms with Crippen molar-refractivity contribution in [1.29, 1.82) is 0 Å². The molecule has 0 aromatic heterocycles. The molecule has 0 heterocycles. The van der Waals surface area contributed by atoms with E-state index in [9.17, 15) is 0 Å². The molecule has 2 unspecified atom stereocenters. The molecule has 2 aromatic carbocycles. The van der Waals surface area contributed by atoms with Gasteiger partial charge in [-0.25, -0.2) is 0 Å². The molecule has 0 aliphatic heterocycles. The van der Waals surface area contributed by atoms with Crippen LogP contribution in [-0.2, 0) is 0 Å². The number of halogens is 1. The first-order valence-corrected chi connectivity index (χ1v) is 15.4. The van der Waals surface area contributed by atoms with Crippen molar-refractivity contribution < 1.29 is 0 Å². The number of rotatable bonds is 5. The fourth-order valence-corrected chi connectivity index (χ4v) is 13.8.